The Hall–Kier alpha value is -1.27. The van der Waals surface area contributed by atoms with Crippen molar-refractivity contribution in [3.8, 4) is 5.75 Å². The largest absolute Gasteiger partial charge is 0.467 e. The van der Waals surface area contributed by atoms with Gasteiger partial charge in [0.05, 0.1) is 0 Å². The van der Waals surface area contributed by atoms with Crippen molar-refractivity contribution >= 4 is 0 Å². The van der Waals surface area contributed by atoms with Crippen molar-refractivity contribution in [3.05, 3.63) is 29.8 Å². The van der Waals surface area contributed by atoms with E-state index in [-0.39, 0.29) is 6.04 Å². The number of hydrogen-bond donors (Lipinski definition) is 1. The van der Waals surface area contributed by atoms with E-state index < -0.39 is 19.6 Å². The van der Waals surface area contributed by atoms with Crippen LogP contribution in [0.3, 0.4) is 0 Å². The van der Waals surface area contributed by atoms with Crippen LogP contribution in [-0.2, 0) is 4.74 Å². The van der Waals surface area contributed by atoms with Gasteiger partial charge >= 0.3 is 6.18 Å². The average molecular weight is 263 g/mol. The summed E-state index contributed by atoms with van der Waals surface area (Å²) in [6, 6.07) is 6.76. The lowest BCUT2D eigenvalue weighted by Crippen LogP contribution is -2.19. The Balaban J connectivity index is 2.52. The van der Waals surface area contributed by atoms with Gasteiger partial charge in [-0.1, -0.05) is 25.1 Å². The molecule has 1 aromatic rings. The Morgan fingerprint density at radius 1 is 1.28 bits per heavy atom. The highest BCUT2D eigenvalue weighted by molar-refractivity contribution is 5.35. The van der Waals surface area contributed by atoms with Gasteiger partial charge in [-0.05, 0) is 12.5 Å². The van der Waals surface area contributed by atoms with E-state index in [1.165, 1.54) is 0 Å². The third kappa shape index (κ3) is 4.93. The Labute approximate surface area is 104 Å². The lowest BCUT2D eigenvalue weighted by molar-refractivity contribution is -0.186. The zero-order valence-corrected chi connectivity index (χ0v) is 10.0. The number of halogens is 3. The van der Waals surface area contributed by atoms with Crippen molar-refractivity contribution < 1.29 is 22.6 Å². The molecular formula is C12H16F3NO2. The van der Waals surface area contributed by atoms with E-state index in [2.05, 4.69) is 4.74 Å². The molecule has 0 aliphatic carbocycles. The summed E-state index contributed by atoms with van der Waals surface area (Å²) >= 11 is 0. The van der Waals surface area contributed by atoms with Gasteiger partial charge in [-0.15, -0.1) is 0 Å². The van der Waals surface area contributed by atoms with Crippen LogP contribution in [0.4, 0.5) is 13.2 Å². The first-order chi connectivity index (χ1) is 8.44. The number of rotatable bonds is 6. The number of hydrogen-bond acceptors (Lipinski definition) is 3. The highest BCUT2D eigenvalue weighted by Crippen LogP contribution is 2.25. The molecule has 6 heteroatoms. The summed E-state index contributed by atoms with van der Waals surface area (Å²) in [5, 5.41) is 0. The molecule has 0 unspecified atom stereocenters. The van der Waals surface area contributed by atoms with Crippen LogP contribution >= 0.6 is 0 Å². The van der Waals surface area contributed by atoms with Gasteiger partial charge in [0.25, 0.3) is 0 Å². The fraction of sp³-hybridized carbons (Fsp3) is 0.500. The summed E-state index contributed by atoms with van der Waals surface area (Å²) in [5.41, 5.74) is 6.63. The summed E-state index contributed by atoms with van der Waals surface area (Å²) in [7, 11) is 0. The van der Waals surface area contributed by atoms with Crippen molar-refractivity contribution in [3.63, 3.8) is 0 Å². The van der Waals surface area contributed by atoms with Gasteiger partial charge < -0.3 is 15.2 Å². The Bertz CT molecular complexity index is 369. The topological polar surface area (TPSA) is 44.5 Å². The summed E-state index contributed by atoms with van der Waals surface area (Å²) in [6.07, 6.45) is -3.63. The molecule has 18 heavy (non-hydrogen) atoms. The molecule has 2 N–H and O–H groups in total. The highest BCUT2D eigenvalue weighted by Gasteiger charge is 2.27. The van der Waals surface area contributed by atoms with Crippen molar-refractivity contribution in [2.45, 2.75) is 25.6 Å². The minimum absolute atomic E-state index is 0.205. The van der Waals surface area contributed by atoms with E-state index >= 15 is 0 Å². The smallest absolute Gasteiger partial charge is 0.411 e. The molecular weight excluding hydrogens is 247 g/mol. The van der Waals surface area contributed by atoms with Gasteiger partial charge in [0.1, 0.15) is 12.4 Å². The van der Waals surface area contributed by atoms with Crippen molar-refractivity contribution in [1.82, 2.24) is 0 Å². The van der Waals surface area contributed by atoms with E-state index in [0.29, 0.717) is 12.2 Å². The molecule has 0 aliphatic rings. The first-order valence-corrected chi connectivity index (χ1v) is 5.56. The molecule has 0 saturated heterocycles. The maximum absolute atomic E-state index is 11.8. The second-order valence-corrected chi connectivity index (χ2v) is 3.78. The first-order valence-electron chi connectivity index (χ1n) is 5.56. The van der Waals surface area contributed by atoms with Gasteiger partial charge in [0.15, 0.2) is 6.79 Å². The van der Waals surface area contributed by atoms with Crippen LogP contribution in [0.25, 0.3) is 0 Å². The lowest BCUT2D eigenvalue weighted by Gasteiger charge is -2.15. The van der Waals surface area contributed by atoms with Gasteiger partial charge in [-0.25, -0.2) is 0 Å². The fourth-order valence-electron chi connectivity index (χ4n) is 1.40. The second-order valence-electron chi connectivity index (χ2n) is 3.78. The minimum Gasteiger partial charge on any atom is -0.467 e. The number of benzene rings is 1. The van der Waals surface area contributed by atoms with Gasteiger partial charge in [0.2, 0.25) is 0 Å². The number of alkyl halides is 3. The van der Waals surface area contributed by atoms with E-state index in [4.69, 9.17) is 10.5 Å². The summed E-state index contributed by atoms with van der Waals surface area (Å²) in [5.74, 6) is 0.453. The van der Waals surface area contributed by atoms with Crippen molar-refractivity contribution in [1.29, 1.82) is 0 Å². The summed E-state index contributed by atoms with van der Waals surface area (Å²) < 4.78 is 45.1. The zero-order valence-electron chi connectivity index (χ0n) is 10.0. The molecule has 0 aromatic heterocycles. The number of ether oxygens (including phenoxy) is 2. The molecule has 0 bridgehead atoms. The van der Waals surface area contributed by atoms with Crippen LogP contribution in [0.1, 0.15) is 24.9 Å². The predicted octanol–water partition coefficient (Wildman–Crippen LogP) is 3.01. The third-order valence-electron chi connectivity index (χ3n) is 2.32. The molecule has 1 rings (SSSR count). The number of para-hydroxylation sites is 1. The van der Waals surface area contributed by atoms with Crippen LogP contribution < -0.4 is 10.5 Å². The molecule has 1 atom stereocenters. The van der Waals surface area contributed by atoms with Gasteiger partial charge in [0, 0.05) is 11.6 Å². The van der Waals surface area contributed by atoms with Crippen molar-refractivity contribution in [2.24, 2.45) is 5.73 Å². The van der Waals surface area contributed by atoms with Crippen LogP contribution in [-0.4, -0.2) is 19.6 Å². The molecule has 102 valence electrons. The Morgan fingerprint density at radius 2 is 1.94 bits per heavy atom. The fourth-order valence-corrected chi connectivity index (χ4v) is 1.40. The van der Waals surface area contributed by atoms with Crippen LogP contribution in [0, 0.1) is 0 Å². The quantitative estimate of drug-likeness (QED) is 0.634. The minimum atomic E-state index is -4.34. The molecule has 1 aromatic carbocycles. The van der Waals surface area contributed by atoms with E-state index in [9.17, 15) is 13.2 Å². The van der Waals surface area contributed by atoms with Crippen molar-refractivity contribution in [2.75, 3.05) is 13.4 Å². The standard InChI is InChI=1S/C12H16F3NO2/c1-2-10(16)9-5-3-4-6-11(9)18-8-17-7-12(13,14)15/h3-6,10H,2,7-8,16H2,1H3/t10-/m1/s1. The van der Waals surface area contributed by atoms with E-state index in [1.54, 1.807) is 24.3 Å². The molecule has 0 radical (unpaired) electrons. The molecule has 0 aliphatic heterocycles. The molecule has 0 saturated carbocycles. The molecule has 0 fully saturated rings. The maximum Gasteiger partial charge on any atom is 0.411 e. The molecule has 0 spiro atoms. The molecule has 0 heterocycles. The predicted molar refractivity (Wildman–Crippen MR) is 61.2 cm³/mol. The summed E-state index contributed by atoms with van der Waals surface area (Å²) in [6.45, 7) is 0.142. The lowest BCUT2D eigenvalue weighted by atomic mass is 10.0. The van der Waals surface area contributed by atoms with Gasteiger partial charge in [-0.3, -0.25) is 0 Å². The van der Waals surface area contributed by atoms with Crippen LogP contribution in [0.2, 0.25) is 0 Å². The zero-order chi connectivity index (χ0) is 13.6. The van der Waals surface area contributed by atoms with Crippen LogP contribution in [0.5, 0.6) is 5.75 Å². The first kappa shape index (κ1) is 14.8. The van der Waals surface area contributed by atoms with Crippen LogP contribution in [0.15, 0.2) is 24.3 Å². The highest BCUT2D eigenvalue weighted by atomic mass is 19.4. The maximum atomic E-state index is 11.8. The number of nitrogens with two attached hydrogens (primary N) is 1. The average Bonchev–Trinajstić information content (AvgIpc) is 2.33. The van der Waals surface area contributed by atoms with E-state index in [1.807, 2.05) is 6.92 Å². The van der Waals surface area contributed by atoms with Gasteiger partial charge in [-0.2, -0.15) is 13.2 Å². The monoisotopic (exact) mass is 263 g/mol. The Kier molecular flexibility index (Phi) is 5.43. The SMILES string of the molecule is CC[C@@H](N)c1ccccc1OCOCC(F)(F)F. The molecule has 0 amide bonds. The third-order valence-corrected chi connectivity index (χ3v) is 2.32. The normalized spacial score (nSPS) is 13.4. The second kappa shape index (κ2) is 6.61. The summed E-state index contributed by atoms with van der Waals surface area (Å²) in [4.78, 5) is 0. The molecule has 3 nitrogen and oxygen atoms in total. The van der Waals surface area contributed by atoms with E-state index in [0.717, 1.165) is 5.56 Å². The Morgan fingerprint density at radius 3 is 2.56 bits per heavy atom.